The molecule has 1 aliphatic rings. The summed E-state index contributed by atoms with van der Waals surface area (Å²) in [5, 5.41) is 0.747. The van der Waals surface area contributed by atoms with Crippen molar-refractivity contribution < 1.29 is 13.9 Å². The van der Waals surface area contributed by atoms with E-state index in [1.54, 1.807) is 30.7 Å². The Kier molecular flexibility index (Phi) is 4.73. The first-order chi connectivity index (χ1) is 12.7. The molecule has 3 heterocycles. The minimum atomic E-state index is -0.343. The van der Waals surface area contributed by atoms with Gasteiger partial charge in [-0.05, 0) is 29.8 Å². The zero-order valence-electron chi connectivity index (χ0n) is 13.8. The Bertz CT molecular complexity index is 893. The van der Waals surface area contributed by atoms with E-state index in [1.807, 2.05) is 12.1 Å². The molecule has 26 heavy (non-hydrogen) atoms. The number of carbonyl (C=O) groups excluding carboxylic acids is 1. The highest BCUT2D eigenvalue weighted by Gasteiger charge is 2.30. The fraction of sp³-hybridized carbons (Fsp3) is 0.211. The predicted octanol–water partition coefficient (Wildman–Crippen LogP) is 3.39. The lowest BCUT2D eigenvalue weighted by molar-refractivity contribution is -0.0334. The Morgan fingerprint density at radius 2 is 2.04 bits per heavy atom. The van der Waals surface area contributed by atoms with Crippen LogP contribution in [-0.2, 0) is 11.3 Å². The predicted molar refractivity (Wildman–Crippen MR) is 96.2 cm³/mol. The molecule has 0 spiro atoms. The molecule has 0 aliphatic carbocycles. The molecule has 1 aromatic carbocycles. The first kappa shape index (κ1) is 16.8. The Labute approximate surface area is 154 Å². The molecule has 132 valence electrons. The molecule has 0 unspecified atom stereocenters. The molecule has 0 amide bonds. The van der Waals surface area contributed by atoms with Crippen molar-refractivity contribution in [1.29, 1.82) is 0 Å². The second kappa shape index (κ2) is 7.31. The van der Waals surface area contributed by atoms with Crippen LogP contribution >= 0.6 is 11.3 Å². The monoisotopic (exact) mass is 369 g/mol. The second-order valence-electron chi connectivity index (χ2n) is 6.12. The highest BCUT2D eigenvalue weighted by atomic mass is 32.1. The number of hydrogen-bond acceptors (Lipinski definition) is 6. The Hall–Kier alpha value is -2.64. The van der Waals surface area contributed by atoms with Crippen molar-refractivity contribution in [1.82, 2.24) is 14.9 Å². The smallest absolute Gasteiger partial charge is 0.350 e. The summed E-state index contributed by atoms with van der Waals surface area (Å²) in [4.78, 5) is 23.2. The van der Waals surface area contributed by atoms with E-state index in [9.17, 15) is 9.18 Å². The van der Waals surface area contributed by atoms with E-state index in [0.29, 0.717) is 18.0 Å². The van der Waals surface area contributed by atoms with Crippen molar-refractivity contribution in [3.63, 3.8) is 0 Å². The molecule has 0 bridgehead atoms. The normalized spacial score (nSPS) is 14.8. The van der Waals surface area contributed by atoms with Crippen molar-refractivity contribution in [2.45, 2.75) is 12.6 Å². The summed E-state index contributed by atoms with van der Waals surface area (Å²) in [7, 11) is 0. The van der Waals surface area contributed by atoms with Gasteiger partial charge in [-0.15, -0.1) is 11.3 Å². The Balaban J connectivity index is 1.29. The van der Waals surface area contributed by atoms with Crippen LogP contribution in [-0.4, -0.2) is 40.0 Å². The first-order valence-corrected chi connectivity index (χ1v) is 9.03. The van der Waals surface area contributed by atoms with Gasteiger partial charge in [0.1, 0.15) is 21.8 Å². The molecule has 1 saturated heterocycles. The van der Waals surface area contributed by atoms with Crippen LogP contribution in [0.1, 0.15) is 15.2 Å². The van der Waals surface area contributed by atoms with Crippen molar-refractivity contribution >= 4 is 17.3 Å². The lowest BCUT2D eigenvalue weighted by atomic mass is 10.1. The fourth-order valence-electron chi connectivity index (χ4n) is 2.77. The number of ether oxygens (including phenoxy) is 1. The fourth-order valence-corrected chi connectivity index (χ4v) is 3.56. The SMILES string of the molecule is O=C(OC1CN(Cc2ccc(F)cc2)C1)c1cnc(-c2cccnc2)s1. The highest BCUT2D eigenvalue weighted by molar-refractivity contribution is 7.16. The summed E-state index contributed by atoms with van der Waals surface area (Å²) in [6, 6.07) is 10.2. The van der Waals surface area contributed by atoms with Gasteiger partial charge in [0.05, 0.1) is 6.20 Å². The molecule has 4 rings (SSSR count). The van der Waals surface area contributed by atoms with Gasteiger partial charge in [-0.2, -0.15) is 0 Å². The number of nitrogens with zero attached hydrogens (tertiary/aromatic N) is 3. The van der Waals surface area contributed by atoms with Gasteiger partial charge in [-0.1, -0.05) is 12.1 Å². The molecule has 0 N–H and O–H groups in total. The third-order valence-corrected chi connectivity index (χ3v) is 5.16. The van der Waals surface area contributed by atoms with Crippen LogP contribution in [0.3, 0.4) is 0 Å². The van der Waals surface area contributed by atoms with E-state index < -0.39 is 0 Å². The number of hydrogen-bond donors (Lipinski definition) is 0. The van der Waals surface area contributed by atoms with Gasteiger partial charge in [0.25, 0.3) is 0 Å². The summed E-state index contributed by atoms with van der Waals surface area (Å²) in [5.74, 6) is -0.580. The van der Waals surface area contributed by atoms with Crippen LogP contribution in [0.5, 0.6) is 0 Å². The maximum atomic E-state index is 12.9. The number of pyridine rings is 1. The summed E-state index contributed by atoms with van der Waals surface area (Å²) in [6.45, 7) is 2.08. The third kappa shape index (κ3) is 3.79. The van der Waals surface area contributed by atoms with Gasteiger partial charge in [-0.3, -0.25) is 9.88 Å². The first-order valence-electron chi connectivity index (χ1n) is 8.21. The molecule has 0 saturated carbocycles. The molecular formula is C19H16FN3O2S. The van der Waals surface area contributed by atoms with Crippen LogP contribution in [0.2, 0.25) is 0 Å². The van der Waals surface area contributed by atoms with Gasteiger partial charge < -0.3 is 4.74 Å². The van der Waals surface area contributed by atoms with Gasteiger partial charge in [-0.25, -0.2) is 14.2 Å². The standard InChI is InChI=1S/C19H16FN3O2S/c20-15-5-3-13(4-6-15)10-23-11-16(12-23)25-19(24)17-9-22-18(26-17)14-2-1-7-21-8-14/h1-9,16H,10-12H2. The zero-order valence-corrected chi connectivity index (χ0v) is 14.7. The molecule has 0 radical (unpaired) electrons. The van der Waals surface area contributed by atoms with Gasteiger partial charge >= 0.3 is 5.97 Å². The number of rotatable bonds is 5. The molecular weight excluding hydrogens is 353 g/mol. The van der Waals surface area contributed by atoms with Crippen LogP contribution in [0.25, 0.3) is 10.6 Å². The minimum Gasteiger partial charge on any atom is -0.455 e. The highest BCUT2D eigenvalue weighted by Crippen LogP contribution is 2.26. The van der Waals surface area contributed by atoms with Crippen molar-refractivity contribution in [3.8, 4) is 10.6 Å². The number of benzene rings is 1. The molecule has 2 aromatic heterocycles. The van der Waals surface area contributed by atoms with Crippen LogP contribution in [0, 0.1) is 5.82 Å². The average molecular weight is 369 g/mol. The molecule has 1 fully saturated rings. The molecule has 1 aliphatic heterocycles. The second-order valence-corrected chi connectivity index (χ2v) is 7.15. The largest absolute Gasteiger partial charge is 0.455 e. The number of aromatic nitrogens is 2. The van der Waals surface area contributed by atoms with Crippen molar-refractivity contribution in [3.05, 3.63) is 71.2 Å². The number of esters is 1. The van der Waals surface area contributed by atoms with E-state index in [-0.39, 0.29) is 17.9 Å². The summed E-state index contributed by atoms with van der Waals surface area (Å²) >= 11 is 1.30. The van der Waals surface area contributed by atoms with E-state index in [2.05, 4.69) is 14.9 Å². The van der Waals surface area contributed by atoms with E-state index in [4.69, 9.17) is 4.74 Å². The molecule has 5 nitrogen and oxygen atoms in total. The van der Waals surface area contributed by atoms with Crippen LogP contribution in [0.15, 0.2) is 55.0 Å². The number of carbonyl (C=O) groups is 1. The average Bonchev–Trinajstić information content (AvgIpc) is 3.12. The maximum Gasteiger partial charge on any atom is 0.350 e. The number of halogens is 1. The number of thiazole rings is 1. The van der Waals surface area contributed by atoms with Crippen molar-refractivity contribution in [2.75, 3.05) is 13.1 Å². The van der Waals surface area contributed by atoms with Crippen molar-refractivity contribution in [2.24, 2.45) is 0 Å². The molecule has 3 aromatic rings. The minimum absolute atomic E-state index is 0.119. The quantitative estimate of drug-likeness (QED) is 0.646. The Morgan fingerprint density at radius 1 is 1.23 bits per heavy atom. The van der Waals surface area contributed by atoms with E-state index in [0.717, 1.165) is 22.7 Å². The topological polar surface area (TPSA) is 55.3 Å². The van der Waals surface area contributed by atoms with Gasteiger partial charge in [0, 0.05) is 37.6 Å². The van der Waals surface area contributed by atoms with Crippen LogP contribution < -0.4 is 0 Å². The summed E-state index contributed by atoms with van der Waals surface area (Å²) in [6.07, 6.45) is 4.84. The van der Waals surface area contributed by atoms with Gasteiger partial charge in [0.15, 0.2) is 0 Å². The Morgan fingerprint density at radius 3 is 2.77 bits per heavy atom. The third-order valence-electron chi connectivity index (χ3n) is 4.13. The summed E-state index contributed by atoms with van der Waals surface area (Å²) < 4.78 is 18.4. The van der Waals surface area contributed by atoms with E-state index in [1.165, 1.54) is 23.5 Å². The number of likely N-dealkylation sites (tertiary alicyclic amines) is 1. The lowest BCUT2D eigenvalue weighted by Crippen LogP contribution is -2.52. The maximum absolute atomic E-state index is 12.9. The molecule has 0 atom stereocenters. The van der Waals surface area contributed by atoms with Crippen LogP contribution in [0.4, 0.5) is 4.39 Å². The summed E-state index contributed by atoms with van der Waals surface area (Å²) in [5.41, 5.74) is 1.92. The molecule has 7 heteroatoms. The zero-order chi connectivity index (χ0) is 17.9. The van der Waals surface area contributed by atoms with E-state index >= 15 is 0 Å². The van der Waals surface area contributed by atoms with Gasteiger partial charge in [0.2, 0.25) is 0 Å². The lowest BCUT2D eigenvalue weighted by Gasteiger charge is -2.38.